The maximum absolute atomic E-state index is 12.2. The molecule has 1 saturated heterocycles. The Bertz CT molecular complexity index is 399. The average molecular weight is 289 g/mol. The van der Waals surface area contributed by atoms with Crippen LogP contribution in [0, 0.1) is 6.92 Å². The second-order valence-corrected chi connectivity index (χ2v) is 5.68. The topological polar surface area (TPSA) is 41.1 Å². The number of carbonyl (C=O) groups is 1. The van der Waals surface area contributed by atoms with Crippen LogP contribution in [0.15, 0.2) is 11.4 Å². The third-order valence-electron chi connectivity index (χ3n) is 3.66. The summed E-state index contributed by atoms with van der Waals surface area (Å²) in [5.74, 6) is 0.158. The van der Waals surface area contributed by atoms with Gasteiger partial charge in [-0.05, 0) is 49.7 Å². The van der Waals surface area contributed by atoms with Crippen LogP contribution in [0.4, 0.5) is 0 Å². The minimum atomic E-state index is -0.314. The number of halogens is 1. The Morgan fingerprint density at radius 3 is 2.89 bits per heavy atom. The van der Waals surface area contributed by atoms with Gasteiger partial charge in [-0.2, -0.15) is 0 Å². The molecule has 0 saturated carbocycles. The quantitative estimate of drug-likeness (QED) is 0.894. The summed E-state index contributed by atoms with van der Waals surface area (Å²) < 4.78 is 0. The number of amides is 1. The van der Waals surface area contributed by atoms with E-state index >= 15 is 0 Å². The Kier molecular flexibility index (Phi) is 5.63. The maximum Gasteiger partial charge on any atom is 0.240 e. The molecule has 3 nitrogen and oxygen atoms in total. The highest BCUT2D eigenvalue weighted by atomic mass is 35.5. The van der Waals surface area contributed by atoms with Crippen LogP contribution in [0.25, 0.3) is 0 Å². The van der Waals surface area contributed by atoms with Gasteiger partial charge < -0.3 is 10.6 Å². The molecule has 1 aliphatic rings. The first-order valence-corrected chi connectivity index (χ1v) is 7.12. The fourth-order valence-electron chi connectivity index (χ4n) is 2.38. The smallest absolute Gasteiger partial charge is 0.240 e. The second-order valence-electron chi connectivity index (χ2n) is 4.68. The number of nitrogens with one attached hydrogen (secondary N) is 2. The lowest BCUT2D eigenvalue weighted by Crippen LogP contribution is -2.52. The third-order valence-corrected chi connectivity index (χ3v) is 4.68. The van der Waals surface area contributed by atoms with Gasteiger partial charge in [-0.1, -0.05) is 6.92 Å². The third kappa shape index (κ3) is 3.05. The molecule has 1 atom stereocenters. The molecule has 1 unspecified atom stereocenters. The Morgan fingerprint density at radius 2 is 2.39 bits per heavy atom. The summed E-state index contributed by atoms with van der Waals surface area (Å²) >= 11 is 1.71. The van der Waals surface area contributed by atoms with Crippen molar-refractivity contribution in [1.29, 1.82) is 0 Å². The predicted molar refractivity (Wildman–Crippen MR) is 78.4 cm³/mol. The van der Waals surface area contributed by atoms with Crippen molar-refractivity contribution in [3.05, 3.63) is 21.9 Å². The Labute approximate surface area is 119 Å². The molecule has 1 amide bonds. The van der Waals surface area contributed by atoms with Crippen molar-refractivity contribution in [2.75, 3.05) is 6.54 Å². The highest BCUT2D eigenvalue weighted by molar-refractivity contribution is 7.10. The molecule has 102 valence electrons. The van der Waals surface area contributed by atoms with Crippen molar-refractivity contribution in [3.63, 3.8) is 0 Å². The van der Waals surface area contributed by atoms with Gasteiger partial charge in [0.25, 0.3) is 0 Å². The number of carbonyl (C=O) groups excluding carboxylic acids is 1. The van der Waals surface area contributed by atoms with Gasteiger partial charge in [-0.15, -0.1) is 23.7 Å². The summed E-state index contributed by atoms with van der Waals surface area (Å²) in [6.45, 7) is 5.78. The molecular weight excluding hydrogens is 268 g/mol. The van der Waals surface area contributed by atoms with Crippen LogP contribution >= 0.6 is 23.7 Å². The summed E-state index contributed by atoms with van der Waals surface area (Å²) in [7, 11) is 0. The van der Waals surface area contributed by atoms with Crippen molar-refractivity contribution >= 4 is 29.7 Å². The maximum atomic E-state index is 12.2. The van der Waals surface area contributed by atoms with E-state index in [0.717, 1.165) is 25.8 Å². The number of hydrogen-bond donors (Lipinski definition) is 2. The standard InChI is InChI=1S/C13H20N2OS.ClH/c1-3-13(6-4-7-15-13)12(16)14-9-11-10(2)5-8-17-11;/h5,8,15H,3-4,6-7,9H2,1-2H3,(H,14,16);1H. The van der Waals surface area contributed by atoms with Crippen LogP contribution in [-0.2, 0) is 11.3 Å². The van der Waals surface area contributed by atoms with Gasteiger partial charge in [-0.3, -0.25) is 4.79 Å². The first-order valence-electron chi connectivity index (χ1n) is 6.24. The van der Waals surface area contributed by atoms with E-state index < -0.39 is 0 Å². The number of aryl methyl sites for hydroxylation is 1. The first kappa shape index (κ1) is 15.5. The van der Waals surface area contributed by atoms with Gasteiger partial charge in [0.15, 0.2) is 0 Å². The van der Waals surface area contributed by atoms with E-state index in [-0.39, 0.29) is 23.9 Å². The van der Waals surface area contributed by atoms with Crippen LogP contribution in [-0.4, -0.2) is 18.0 Å². The van der Waals surface area contributed by atoms with Crippen molar-refractivity contribution in [2.24, 2.45) is 0 Å². The summed E-state index contributed by atoms with van der Waals surface area (Å²) in [5.41, 5.74) is 0.950. The van der Waals surface area contributed by atoms with Gasteiger partial charge in [0.05, 0.1) is 12.1 Å². The lowest BCUT2D eigenvalue weighted by molar-refractivity contribution is -0.127. The summed E-state index contributed by atoms with van der Waals surface area (Å²) in [5, 5.41) is 8.49. The summed E-state index contributed by atoms with van der Waals surface area (Å²) in [6.07, 6.45) is 2.92. The van der Waals surface area contributed by atoms with E-state index in [2.05, 4.69) is 35.9 Å². The molecule has 2 heterocycles. The van der Waals surface area contributed by atoms with E-state index in [1.165, 1.54) is 10.4 Å². The SMILES string of the molecule is CCC1(C(=O)NCc2sccc2C)CCCN1.Cl. The normalized spacial score (nSPS) is 22.6. The van der Waals surface area contributed by atoms with Crippen LogP contribution in [0.3, 0.4) is 0 Å². The van der Waals surface area contributed by atoms with Crippen LogP contribution in [0.2, 0.25) is 0 Å². The second kappa shape index (κ2) is 6.55. The lowest BCUT2D eigenvalue weighted by atomic mass is 9.93. The predicted octanol–water partition coefficient (Wildman–Crippen LogP) is 2.63. The molecule has 0 spiro atoms. The fraction of sp³-hybridized carbons (Fsp3) is 0.615. The van der Waals surface area contributed by atoms with Crippen LogP contribution < -0.4 is 10.6 Å². The number of hydrogen-bond acceptors (Lipinski definition) is 3. The molecule has 18 heavy (non-hydrogen) atoms. The summed E-state index contributed by atoms with van der Waals surface area (Å²) in [6, 6.07) is 2.09. The monoisotopic (exact) mass is 288 g/mol. The minimum Gasteiger partial charge on any atom is -0.350 e. The van der Waals surface area contributed by atoms with Gasteiger partial charge in [-0.25, -0.2) is 0 Å². The molecule has 1 aromatic heterocycles. The van der Waals surface area contributed by atoms with Crippen LogP contribution in [0.5, 0.6) is 0 Å². The zero-order valence-electron chi connectivity index (χ0n) is 10.9. The average Bonchev–Trinajstić information content (AvgIpc) is 2.95. The Hall–Kier alpha value is -0.580. The van der Waals surface area contributed by atoms with E-state index in [1.54, 1.807) is 11.3 Å². The molecule has 1 aliphatic heterocycles. The highest BCUT2D eigenvalue weighted by Crippen LogP contribution is 2.23. The highest BCUT2D eigenvalue weighted by Gasteiger charge is 2.38. The van der Waals surface area contributed by atoms with Gasteiger partial charge in [0.1, 0.15) is 0 Å². The largest absolute Gasteiger partial charge is 0.350 e. The van der Waals surface area contributed by atoms with Gasteiger partial charge in [0.2, 0.25) is 5.91 Å². The van der Waals surface area contributed by atoms with E-state index in [1.807, 2.05) is 0 Å². The van der Waals surface area contributed by atoms with Crippen molar-refractivity contribution in [3.8, 4) is 0 Å². The van der Waals surface area contributed by atoms with E-state index in [9.17, 15) is 4.79 Å². The molecule has 0 aromatic carbocycles. The van der Waals surface area contributed by atoms with Gasteiger partial charge >= 0.3 is 0 Å². The van der Waals surface area contributed by atoms with Crippen LogP contribution in [0.1, 0.15) is 36.6 Å². The Balaban J connectivity index is 0.00000162. The lowest BCUT2D eigenvalue weighted by Gasteiger charge is -2.26. The van der Waals surface area contributed by atoms with Crippen molar-refractivity contribution in [2.45, 2.75) is 45.2 Å². The molecule has 2 N–H and O–H groups in total. The molecule has 0 bridgehead atoms. The molecule has 5 heteroatoms. The molecule has 0 radical (unpaired) electrons. The molecular formula is C13H21ClN2OS. The Morgan fingerprint density at radius 1 is 1.61 bits per heavy atom. The van der Waals surface area contributed by atoms with E-state index in [0.29, 0.717) is 6.54 Å². The molecule has 1 aromatic rings. The zero-order valence-corrected chi connectivity index (χ0v) is 12.5. The van der Waals surface area contributed by atoms with Gasteiger partial charge in [0, 0.05) is 4.88 Å². The van der Waals surface area contributed by atoms with Crippen molar-refractivity contribution in [1.82, 2.24) is 10.6 Å². The van der Waals surface area contributed by atoms with E-state index in [4.69, 9.17) is 0 Å². The molecule has 0 aliphatic carbocycles. The number of rotatable bonds is 4. The first-order chi connectivity index (χ1) is 8.18. The zero-order chi connectivity index (χ0) is 12.3. The molecule has 1 fully saturated rings. The minimum absolute atomic E-state index is 0. The fourth-order valence-corrected chi connectivity index (χ4v) is 3.22. The summed E-state index contributed by atoms with van der Waals surface area (Å²) in [4.78, 5) is 13.5. The molecule has 2 rings (SSSR count). The van der Waals surface area contributed by atoms with Crippen molar-refractivity contribution < 1.29 is 4.79 Å². The number of thiophene rings is 1.